The number of rotatable bonds is 4. The highest BCUT2D eigenvalue weighted by Gasteiger charge is 2.38. The third kappa shape index (κ3) is 2.91. The maximum absolute atomic E-state index is 10.8. The minimum atomic E-state index is -0.834. The Balaban J connectivity index is 0.00000180. The zero-order valence-electron chi connectivity index (χ0n) is 9.96. The molecule has 0 unspecified atom stereocenters. The molecule has 1 saturated heterocycles. The fraction of sp³-hybridized carbons (Fsp3) is 0.727. The van der Waals surface area contributed by atoms with Crippen molar-refractivity contribution < 1.29 is 19.5 Å². The molecular formula is C11H19N3O5. The first-order valence-electron chi connectivity index (χ1n) is 5.63. The van der Waals surface area contributed by atoms with Crippen molar-refractivity contribution in [3.63, 3.8) is 0 Å². The molecule has 0 amide bonds. The predicted octanol–water partition coefficient (Wildman–Crippen LogP) is 1.39. The molecule has 0 radical (unpaired) electrons. The molecule has 2 rings (SSSR count). The van der Waals surface area contributed by atoms with Crippen molar-refractivity contribution in [2.45, 2.75) is 27.1 Å². The average Bonchev–Trinajstić information content (AvgIpc) is 2.88. The van der Waals surface area contributed by atoms with Crippen LogP contribution >= 0.6 is 0 Å². The lowest BCUT2D eigenvalue weighted by atomic mass is 9.87. The first kappa shape index (κ1) is 15.5. The lowest BCUT2D eigenvalue weighted by Gasteiger charge is -2.37. The van der Waals surface area contributed by atoms with E-state index in [9.17, 15) is 15.2 Å². The first-order chi connectivity index (χ1) is 8.62. The van der Waals surface area contributed by atoms with Crippen LogP contribution in [0.25, 0.3) is 0 Å². The molecule has 0 aliphatic carbocycles. The van der Waals surface area contributed by atoms with E-state index in [1.54, 1.807) is 0 Å². The highest BCUT2D eigenvalue weighted by Crippen LogP contribution is 2.35. The monoisotopic (exact) mass is 273 g/mol. The summed E-state index contributed by atoms with van der Waals surface area (Å²) in [6, 6.07) is 0. The molecule has 1 aliphatic rings. The van der Waals surface area contributed by atoms with E-state index < -0.39 is 16.6 Å². The van der Waals surface area contributed by atoms with Gasteiger partial charge >= 0.3 is 5.69 Å². The van der Waals surface area contributed by atoms with Gasteiger partial charge in [0.1, 0.15) is 6.20 Å². The average molecular weight is 273 g/mol. The normalized spacial score (nSPS) is 26.7. The highest BCUT2D eigenvalue weighted by molar-refractivity contribution is 5.32. The molecule has 8 nitrogen and oxygen atoms in total. The van der Waals surface area contributed by atoms with E-state index in [0.717, 1.165) is 6.20 Å². The number of aliphatic hydroxyl groups excluding tert-OH is 1. The molecule has 19 heavy (non-hydrogen) atoms. The highest BCUT2D eigenvalue weighted by atomic mass is 16.7. The maximum atomic E-state index is 10.8. The Labute approximate surface area is 110 Å². The second-order valence-electron chi connectivity index (χ2n) is 4.39. The Hall–Kier alpha value is -1.51. The minimum absolute atomic E-state index is 0. The van der Waals surface area contributed by atoms with Gasteiger partial charge in [-0.1, -0.05) is 14.4 Å². The molecule has 0 atom stereocenters. The van der Waals surface area contributed by atoms with Gasteiger partial charge in [0.2, 0.25) is 6.29 Å². The number of hydrogen-bond acceptors (Lipinski definition) is 6. The summed E-state index contributed by atoms with van der Waals surface area (Å²) in [5.74, 6) is 0. The van der Waals surface area contributed by atoms with Gasteiger partial charge in [-0.25, -0.2) is 0 Å². The summed E-state index contributed by atoms with van der Waals surface area (Å²) in [5.41, 5.74) is -0.388. The van der Waals surface area contributed by atoms with Crippen LogP contribution in [0, 0.1) is 15.5 Å². The maximum Gasteiger partial charge on any atom is 0.315 e. The number of hydrogen-bond donors (Lipinski definition) is 2. The zero-order valence-corrected chi connectivity index (χ0v) is 9.96. The summed E-state index contributed by atoms with van der Waals surface area (Å²) >= 11 is 0. The Morgan fingerprint density at radius 1 is 1.63 bits per heavy atom. The lowest BCUT2D eigenvalue weighted by molar-refractivity contribution is -0.388. The van der Waals surface area contributed by atoms with Crippen LogP contribution in [0.5, 0.6) is 0 Å². The Morgan fingerprint density at radius 3 is 2.74 bits per heavy atom. The Kier molecular flexibility index (Phi) is 4.98. The summed E-state index contributed by atoms with van der Waals surface area (Å²) < 4.78 is 10.9. The van der Waals surface area contributed by atoms with Gasteiger partial charge in [0.05, 0.1) is 24.7 Å². The van der Waals surface area contributed by atoms with Crippen molar-refractivity contribution in [1.29, 1.82) is 0 Å². The van der Waals surface area contributed by atoms with E-state index in [1.165, 1.54) is 0 Å². The number of nitro groups is 1. The van der Waals surface area contributed by atoms with Gasteiger partial charge in [-0.2, -0.15) is 5.10 Å². The molecule has 8 heteroatoms. The number of aliphatic hydroxyl groups is 1. The largest absolute Gasteiger partial charge is 0.396 e. The van der Waals surface area contributed by atoms with Gasteiger partial charge in [0, 0.05) is 5.41 Å². The van der Waals surface area contributed by atoms with Gasteiger partial charge in [0.25, 0.3) is 0 Å². The van der Waals surface area contributed by atoms with E-state index >= 15 is 0 Å². The van der Waals surface area contributed by atoms with Crippen molar-refractivity contribution in [2.24, 2.45) is 5.41 Å². The molecular weight excluding hydrogens is 254 g/mol. The first-order valence-corrected chi connectivity index (χ1v) is 5.63. The van der Waals surface area contributed by atoms with Crippen LogP contribution in [0.4, 0.5) is 5.69 Å². The van der Waals surface area contributed by atoms with Crippen molar-refractivity contribution in [3.8, 4) is 0 Å². The van der Waals surface area contributed by atoms with Gasteiger partial charge in [-0.3, -0.25) is 15.2 Å². The standard InChI is InChI=1S/C10H15N3O5.CH4/c1-2-10(4-14)5-17-9(18-6-10)8-7(13(15)16)3-11-12-8;/h3,9,14H,2,4-6H2,1H3,(H,11,12);1H4. The number of H-pyrrole nitrogens is 1. The lowest BCUT2D eigenvalue weighted by Crippen LogP contribution is -2.41. The molecule has 0 bridgehead atoms. The van der Waals surface area contributed by atoms with Crippen LogP contribution in [-0.2, 0) is 9.47 Å². The van der Waals surface area contributed by atoms with E-state index in [1.807, 2.05) is 6.92 Å². The molecule has 0 saturated carbocycles. The molecule has 1 fully saturated rings. The fourth-order valence-corrected chi connectivity index (χ4v) is 1.78. The van der Waals surface area contributed by atoms with Gasteiger partial charge in [0.15, 0.2) is 5.69 Å². The van der Waals surface area contributed by atoms with Crippen LogP contribution in [0.3, 0.4) is 0 Å². The molecule has 1 aliphatic heterocycles. The molecule has 2 heterocycles. The summed E-state index contributed by atoms with van der Waals surface area (Å²) in [6.45, 7) is 2.48. The van der Waals surface area contributed by atoms with Crippen LogP contribution in [-0.4, -0.2) is 40.0 Å². The number of nitrogens with one attached hydrogen (secondary N) is 1. The summed E-state index contributed by atoms with van der Waals surface area (Å²) in [5, 5.41) is 26.2. The number of nitrogens with zero attached hydrogens (tertiary/aromatic N) is 2. The second-order valence-corrected chi connectivity index (χ2v) is 4.39. The molecule has 1 aromatic heterocycles. The number of aromatic amines is 1. The van der Waals surface area contributed by atoms with E-state index in [2.05, 4.69) is 10.2 Å². The summed E-state index contributed by atoms with van der Waals surface area (Å²) in [4.78, 5) is 10.2. The van der Waals surface area contributed by atoms with E-state index in [0.29, 0.717) is 19.6 Å². The van der Waals surface area contributed by atoms with Gasteiger partial charge in [-0.05, 0) is 6.42 Å². The van der Waals surface area contributed by atoms with E-state index in [-0.39, 0.29) is 25.4 Å². The summed E-state index contributed by atoms with van der Waals surface area (Å²) in [7, 11) is 0. The third-order valence-corrected chi connectivity index (χ3v) is 3.25. The quantitative estimate of drug-likeness (QED) is 0.633. The second kappa shape index (κ2) is 6.09. The molecule has 108 valence electrons. The van der Waals surface area contributed by atoms with Crippen molar-refractivity contribution in [2.75, 3.05) is 19.8 Å². The fourth-order valence-electron chi connectivity index (χ4n) is 1.78. The smallest absolute Gasteiger partial charge is 0.315 e. The molecule has 0 spiro atoms. The van der Waals surface area contributed by atoms with Crippen LogP contribution in [0.15, 0.2) is 6.20 Å². The minimum Gasteiger partial charge on any atom is -0.396 e. The van der Waals surface area contributed by atoms with Crippen molar-refractivity contribution >= 4 is 5.69 Å². The topological polar surface area (TPSA) is 111 Å². The van der Waals surface area contributed by atoms with Gasteiger partial charge < -0.3 is 14.6 Å². The molecule has 1 aromatic rings. The number of aromatic nitrogens is 2. The summed E-state index contributed by atoms with van der Waals surface area (Å²) in [6.07, 6.45) is 0.996. The molecule has 2 N–H and O–H groups in total. The van der Waals surface area contributed by atoms with E-state index in [4.69, 9.17) is 9.47 Å². The van der Waals surface area contributed by atoms with Gasteiger partial charge in [-0.15, -0.1) is 0 Å². The van der Waals surface area contributed by atoms with Crippen LogP contribution < -0.4 is 0 Å². The predicted molar refractivity (Wildman–Crippen MR) is 66.4 cm³/mol. The Morgan fingerprint density at radius 2 is 2.26 bits per heavy atom. The third-order valence-electron chi connectivity index (χ3n) is 3.25. The Bertz CT molecular complexity index is 420. The van der Waals surface area contributed by atoms with Crippen molar-refractivity contribution in [1.82, 2.24) is 10.2 Å². The van der Waals surface area contributed by atoms with Crippen LogP contribution in [0.1, 0.15) is 32.8 Å². The zero-order chi connectivity index (χ0) is 13.2. The van der Waals surface area contributed by atoms with Crippen molar-refractivity contribution in [3.05, 3.63) is 22.0 Å². The van der Waals surface area contributed by atoms with Crippen LogP contribution in [0.2, 0.25) is 0 Å². The number of ether oxygens (including phenoxy) is 2. The SMILES string of the molecule is C.CCC1(CO)COC(c2[nH]ncc2[N+](=O)[O-])OC1. The molecule has 0 aromatic carbocycles.